The zero-order chi connectivity index (χ0) is 16.9. The highest BCUT2D eigenvalue weighted by Crippen LogP contribution is 2.98. The van der Waals surface area contributed by atoms with Crippen LogP contribution in [-0.2, 0) is 14.3 Å². The standard InChI is InChI=1S/C19H22O5/c1-8-9-3-6-18-12(8)17(18,7-9)11(14(21)22)13-16(2)5-4-10(20)19(13,18)24-15(16)23/h9-13,20H,1,3-7H2,2H3,(H,21,22)/t9-,10-,11-,12?,13-,16-,17-,18+,19+/m1/s1. The number of esters is 1. The quantitative estimate of drug-likeness (QED) is 0.565. The predicted octanol–water partition coefficient (Wildman–Crippen LogP) is 1.75. The molecule has 6 aliphatic carbocycles. The third kappa shape index (κ3) is 0.889. The summed E-state index contributed by atoms with van der Waals surface area (Å²) in [5, 5.41) is 21.2. The highest BCUT2D eigenvalue weighted by molar-refractivity contribution is 5.87. The summed E-state index contributed by atoms with van der Waals surface area (Å²) in [6, 6.07) is 0. The zero-order valence-corrected chi connectivity index (χ0v) is 13.7. The minimum absolute atomic E-state index is 0.115. The molecule has 2 N–H and O–H groups in total. The van der Waals surface area contributed by atoms with E-state index in [1.807, 2.05) is 6.92 Å². The highest BCUT2D eigenvalue weighted by atomic mass is 16.6. The maximum Gasteiger partial charge on any atom is 0.312 e. The van der Waals surface area contributed by atoms with Crippen LogP contribution in [0.15, 0.2) is 12.2 Å². The van der Waals surface area contributed by atoms with Gasteiger partial charge in [0, 0.05) is 16.7 Å². The average Bonchev–Trinajstić information content (AvgIpc) is 2.88. The summed E-state index contributed by atoms with van der Waals surface area (Å²) in [5.41, 5.74) is -1.34. The number of hydrogen-bond acceptors (Lipinski definition) is 4. The summed E-state index contributed by atoms with van der Waals surface area (Å²) < 4.78 is 6.05. The molecule has 0 aromatic heterocycles. The van der Waals surface area contributed by atoms with Gasteiger partial charge in [0.25, 0.3) is 0 Å². The molecular weight excluding hydrogens is 308 g/mol. The van der Waals surface area contributed by atoms with Crippen molar-refractivity contribution in [1.82, 2.24) is 0 Å². The van der Waals surface area contributed by atoms with E-state index in [2.05, 4.69) is 6.58 Å². The lowest BCUT2D eigenvalue weighted by Crippen LogP contribution is -2.59. The van der Waals surface area contributed by atoms with Crippen LogP contribution in [0.2, 0.25) is 0 Å². The van der Waals surface area contributed by atoms with Gasteiger partial charge >= 0.3 is 11.9 Å². The second-order valence-electron chi connectivity index (χ2n) is 9.41. The van der Waals surface area contributed by atoms with Gasteiger partial charge in [0.15, 0.2) is 0 Å². The fourth-order valence-electron chi connectivity index (χ4n) is 8.84. The lowest BCUT2D eigenvalue weighted by Gasteiger charge is -2.49. The van der Waals surface area contributed by atoms with Crippen LogP contribution >= 0.6 is 0 Å². The van der Waals surface area contributed by atoms with E-state index in [0.29, 0.717) is 18.8 Å². The molecule has 0 aromatic carbocycles. The summed E-state index contributed by atoms with van der Waals surface area (Å²) >= 11 is 0. The van der Waals surface area contributed by atoms with E-state index in [4.69, 9.17) is 4.74 Å². The Morgan fingerprint density at radius 1 is 1.33 bits per heavy atom. The molecule has 1 saturated heterocycles. The highest BCUT2D eigenvalue weighted by Gasteiger charge is 3.01. The van der Waals surface area contributed by atoms with E-state index in [-0.39, 0.29) is 22.7 Å². The fourth-order valence-corrected chi connectivity index (χ4v) is 8.84. The lowest BCUT2D eigenvalue weighted by molar-refractivity contribution is -0.183. The van der Waals surface area contributed by atoms with Crippen molar-refractivity contribution in [1.29, 1.82) is 0 Å². The Labute approximate surface area is 140 Å². The van der Waals surface area contributed by atoms with Crippen molar-refractivity contribution >= 4 is 11.9 Å². The van der Waals surface area contributed by atoms with Crippen molar-refractivity contribution in [2.24, 2.45) is 39.9 Å². The number of ether oxygens (including phenoxy) is 1. The van der Waals surface area contributed by atoms with Crippen LogP contribution in [0.1, 0.15) is 39.0 Å². The normalized spacial score (nSPS) is 64.5. The van der Waals surface area contributed by atoms with E-state index < -0.39 is 34.9 Å². The summed E-state index contributed by atoms with van der Waals surface area (Å²) in [7, 11) is 0. The molecule has 7 rings (SSSR count). The minimum Gasteiger partial charge on any atom is -0.481 e. The molecule has 9 atom stereocenters. The first-order valence-electron chi connectivity index (χ1n) is 9.12. The number of allylic oxidation sites excluding steroid dienone is 1. The molecular formula is C19H22O5. The number of rotatable bonds is 1. The van der Waals surface area contributed by atoms with Gasteiger partial charge in [-0.1, -0.05) is 12.2 Å². The van der Waals surface area contributed by atoms with Crippen LogP contribution in [0.3, 0.4) is 0 Å². The van der Waals surface area contributed by atoms with Gasteiger partial charge in [-0.25, -0.2) is 0 Å². The molecule has 7 aliphatic rings. The van der Waals surface area contributed by atoms with Crippen molar-refractivity contribution in [3.8, 4) is 0 Å². The largest absolute Gasteiger partial charge is 0.481 e. The maximum atomic E-state index is 12.8. The van der Waals surface area contributed by atoms with Crippen LogP contribution in [0.25, 0.3) is 0 Å². The van der Waals surface area contributed by atoms with Crippen molar-refractivity contribution < 1.29 is 24.5 Å². The van der Waals surface area contributed by atoms with Crippen LogP contribution in [0.4, 0.5) is 0 Å². The number of fused-ring (bicyclic) bond motifs is 1. The monoisotopic (exact) mass is 330 g/mol. The topological polar surface area (TPSA) is 83.8 Å². The molecule has 1 heterocycles. The summed E-state index contributed by atoms with van der Waals surface area (Å²) in [6.07, 6.45) is 2.99. The van der Waals surface area contributed by atoms with Crippen molar-refractivity contribution in [3.05, 3.63) is 12.2 Å². The number of carbonyl (C=O) groups excluding carboxylic acids is 1. The minimum atomic E-state index is -1.00. The Bertz CT molecular complexity index is 759. The molecule has 128 valence electrons. The first-order valence-corrected chi connectivity index (χ1v) is 9.12. The van der Waals surface area contributed by atoms with Crippen LogP contribution < -0.4 is 0 Å². The Morgan fingerprint density at radius 2 is 2.08 bits per heavy atom. The summed E-state index contributed by atoms with van der Waals surface area (Å²) in [6.45, 7) is 6.16. The van der Waals surface area contributed by atoms with Crippen molar-refractivity contribution in [3.63, 3.8) is 0 Å². The number of carboxylic acids is 1. The molecule has 1 aliphatic heterocycles. The third-order valence-corrected chi connectivity index (χ3v) is 9.28. The SMILES string of the molecule is C=C1C2[C@@]34CC[C@@H]1C[C@@]23[C@@H](C(=O)O)[C@H]1[C@]42OC(=O)[C@]1(C)CC[C@H]2O. The average molecular weight is 330 g/mol. The van der Waals surface area contributed by atoms with Gasteiger partial charge in [0.05, 0.1) is 17.4 Å². The first kappa shape index (κ1) is 13.9. The van der Waals surface area contributed by atoms with Gasteiger partial charge in [0.2, 0.25) is 0 Å². The molecule has 0 aromatic rings. The third-order valence-electron chi connectivity index (χ3n) is 9.28. The second-order valence-corrected chi connectivity index (χ2v) is 9.41. The van der Waals surface area contributed by atoms with E-state index in [1.165, 1.54) is 0 Å². The molecule has 24 heavy (non-hydrogen) atoms. The van der Waals surface area contributed by atoms with Gasteiger partial charge < -0.3 is 14.9 Å². The van der Waals surface area contributed by atoms with E-state index >= 15 is 0 Å². The van der Waals surface area contributed by atoms with Gasteiger partial charge in [0.1, 0.15) is 5.60 Å². The molecule has 0 amide bonds. The first-order chi connectivity index (χ1) is 11.3. The number of aliphatic hydroxyl groups is 1. The van der Waals surface area contributed by atoms with Gasteiger partial charge in [-0.2, -0.15) is 0 Å². The Hall–Kier alpha value is -1.36. The Balaban J connectivity index is 1.68. The van der Waals surface area contributed by atoms with Crippen molar-refractivity contribution in [2.75, 3.05) is 0 Å². The van der Waals surface area contributed by atoms with E-state index in [1.54, 1.807) is 0 Å². The molecule has 6 saturated carbocycles. The van der Waals surface area contributed by atoms with Gasteiger partial charge in [-0.15, -0.1) is 0 Å². The van der Waals surface area contributed by atoms with Gasteiger partial charge in [-0.05, 0) is 50.9 Å². The maximum absolute atomic E-state index is 12.8. The Kier molecular flexibility index (Phi) is 1.92. The second kappa shape index (κ2) is 3.33. The van der Waals surface area contributed by atoms with Crippen LogP contribution in [0, 0.1) is 39.9 Å². The molecule has 1 unspecified atom stereocenters. The van der Waals surface area contributed by atoms with Crippen LogP contribution in [-0.4, -0.2) is 33.9 Å². The summed E-state index contributed by atoms with van der Waals surface area (Å²) in [5.74, 6) is -1.59. The summed E-state index contributed by atoms with van der Waals surface area (Å²) in [4.78, 5) is 25.2. The fraction of sp³-hybridized carbons (Fsp3) is 0.789. The van der Waals surface area contributed by atoms with Crippen LogP contribution in [0.5, 0.6) is 0 Å². The molecule has 6 bridgehead atoms. The zero-order valence-electron chi connectivity index (χ0n) is 13.7. The van der Waals surface area contributed by atoms with E-state index in [0.717, 1.165) is 24.8 Å². The number of carboxylic acid groups (broad SMARTS) is 1. The molecule has 2 spiro atoms. The Morgan fingerprint density at radius 3 is 2.79 bits per heavy atom. The van der Waals surface area contributed by atoms with Gasteiger partial charge in [-0.3, -0.25) is 9.59 Å². The lowest BCUT2D eigenvalue weighted by atomic mass is 9.54. The number of aliphatic carboxylic acids is 1. The van der Waals surface area contributed by atoms with Crippen molar-refractivity contribution in [2.45, 2.75) is 50.7 Å². The number of carbonyl (C=O) groups is 2. The predicted molar refractivity (Wildman–Crippen MR) is 81.6 cm³/mol. The number of hydrogen-bond donors (Lipinski definition) is 2. The molecule has 5 nitrogen and oxygen atoms in total. The van der Waals surface area contributed by atoms with E-state index in [9.17, 15) is 19.8 Å². The smallest absolute Gasteiger partial charge is 0.312 e. The molecule has 7 fully saturated rings. The number of aliphatic hydroxyl groups excluding tert-OH is 1. The molecule has 5 heteroatoms. The molecule has 0 radical (unpaired) electrons.